The molecule has 1 aliphatic heterocycles. The average Bonchev–Trinajstić information content (AvgIpc) is 3.14. The van der Waals surface area contributed by atoms with Crippen LogP contribution in [0, 0.1) is 0 Å². The summed E-state index contributed by atoms with van der Waals surface area (Å²) in [5.74, 6) is -0.0695. The predicted molar refractivity (Wildman–Crippen MR) is 114 cm³/mol. The lowest BCUT2D eigenvalue weighted by Crippen LogP contribution is -2.34. The standard InChI is InChI=1S/C23H30N4O/c28-23(26-18-7-3-1-2-4-8-18)22-17-20(13-14-24-22)25-19-9-11-21(12-10-19)27-15-5-6-16-27/h9-14,17-18H,1-8,15-16H2,(H,24,25)(H,26,28). The second kappa shape index (κ2) is 9.09. The lowest BCUT2D eigenvalue weighted by atomic mass is 10.1. The second-order valence-corrected chi connectivity index (χ2v) is 7.96. The van der Waals surface area contributed by atoms with Crippen molar-refractivity contribution in [1.29, 1.82) is 0 Å². The molecule has 1 aliphatic carbocycles. The van der Waals surface area contributed by atoms with E-state index in [1.807, 2.05) is 12.1 Å². The van der Waals surface area contributed by atoms with Crippen molar-refractivity contribution in [1.82, 2.24) is 10.3 Å². The molecule has 0 unspecified atom stereocenters. The van der Waals surface area contributed by atoms with Crippen molar-refractivity contribution in [3.05, 3.63) is 48.3 Å². The third kappa shape index (κ3) is 4.83. The highest BCUT2D eigenvalue weighted by molar-refractivity contribution is 5.93. The molecule has 1 saturated heterocycles. The molecule has 148 valence electrons. The summed E-state index contributed by atoms with van der Waals surface area (Å²) in [7, 11) is 0. The first-order valence-corrected chi connectivity index (χ1v) is 10.7. The van der Waals surface area contributed by atoms with Gasteiger partial charge in [-0.15, -0.1) is 0 Å². The monoisotopic (exact) mass is 378 g/mol. The molecule has 2 N–H and O–H groups in total. The molecule has 1 saturated carbocycles. The first-order valence-electron chi connectivity index (χ1n) is 10.7. The molecule has 5 nitrogen and oxygen atoms in total. The first-order chi connectivity index (χ1) is 13.8. The SMILES string of the molecule is O=C(NC1CCCCCC1)c1cc(Nc2ccc(N3CCCC3)cc2)ccn1. The number of rotatable bonds is 5. The van der Waals surface area contributed by atoms with E-state index in [4.69, 9.17) is 0 Å². The minimum absolute atomic E-state index is 0.0695. The van der Waals surface area contributed by atoms with Crippen LogP contribution in [0.1, 0.15) is 61.9 Å². The minimum atomic E-state index is -0.0695. The summed E-state index contributed by atoms with van der Waals surface area (Å²) in [5, 5.41) is 6.56. The quantitative estimate of drug-likeness (QED) is 0.728. The fraction of sp³-hybridized carbons (Fsp3) is 0.478. The predicted octanol–water partition coefficient (Wildman–Crippen LogP) is 4.88. The molecule has 1 amide bonds. The van der Waals surface area contributed by atoms with E-state index in [1.165, 1.54) is 44.2 Å². The molecule has 0 radical (unpaired) electrons. The van der Waals surface area contributed by atoms with Crippen molar-refractivity contribution in [3.8, 4) is 0 Å². The maximum Gasteiger partial charge on any atom is 0.270 e. The van der Waals surface area contributed by atoms with Gasteiger partial charge in [0.25, 0.3) is 5.91 Å². The van der Waals surface area contributed by atoms with Gasteiger partial charge in [-0.3, -0.25) is 9.78 Å². The number of anilines is 3. The Kier molecular flexibility index (Phi) is 6.10. The van der Waals surface area contributed by atoms with Crippen LogP contribution in [0.25, 0.3) is 0 Å². The van der Waals surface area contributed by atoms with E-state index >= 15 is 0 Å². The lowest BCUT2D eigenvalue weighted by Gasteiger charge is -2.18. The van der Waals surface area contributed by atoms with Gasteiger partial charge in [0, 0.05) is 42.4 Å². The lowest BCUT2D eigenvalue weighted by molar-refractivity contribution is 0.0928. The fourth-order valence-corrected chi connectivity index (χ4v) is 4.21. The van der Waals surface area contributed by atoms with E-state index in [0.717, 1.165) is 37.3 Å². The number of nitrogens with one attached hydrogen (secondary N) is 2. The third-order valence-electron chi connectivity index (χ3n) is 5.81. The van der Waals surface area contributed by atoms with Crippen LogP contribution >= 0.6 is 0 Å². The van der Waals surface area contributed by atoms with Crippen molar-refractivity contribution >= 4 is 23.0 Å². The van der Waals surface area contributed by atoms with Crippen LogP contribution in [0.5, 0.6) is 0 Å². The molecule has 1 aromatic heterocycles. The highest BCUT2D eigenvalue weighted by atomic mass is 16.1. The van der Waals surface area contributed by atoms with Gasteiger partial charge in [0.15, 0.2) is 0 Å². The number of aromatic nitrogens is 1. The van der Waals surface area contributed by atoms with Crippen LogP contribution in [0.15, 0.2) is 42.6 Å². The number of amides is 1. The van der Waals surface area contributed by atoms with E-state index in [1.54, 1.807) is 6.20 Å². The number of hydrogen-bond donors (Lipinski definition) is 2. The molecule has 4 rings (SSSR count). The summed E-state index contributed by atoms with van der Waals surface area (Å²) < 4.78 is 0. The van der Waals surface area contributed by atoms with E-state index in [-0.39, 0.29) is 11.9 Å². The van der Waals surface area contributed by atoms with E-state index in [0.29, 0.717) is 5.69 Å². The van der Waals surface area contributed by atoms with Crippen molar-refractivity contribution in [3.63, 3.8) is 0 Å². The number of carbonyl (C=O) groups excluding carboxylic acids is 1. The van der Waals surface area contributed by atoms with Gasteiger partial charge in [0.05, 0.1) is 0 Å². The highest BCUT2D eigenvalue weighted by Gasteiger charge is 2.17. The largest absolute Gasteiger partial charge is 0.372 e. The Morgan fingerprint density at radius 1 is 0.893 bits per heavy atom. The molecule has 2 aliphatic rings. The molecule has 1 aromatic carbocycles. The molecular weight excluding hydrogens is 348 g/mol. The summed E-state index contributed by atoms with van der Waals surface area (Å²) >= 11 is 0. The average molecular weight is 379 g/mol. The van der Waals surface area contributed by atoms with Crippen LogP contribution in [-0.4, -0.2) is 30.0 Å². The van der Waals surface area contributed by atoms with Gasteiger partial charge in [-0.25, -0.2) is 0 Å². The second-order valence-electron chi connectivity index (χ2n) is 7.96. The molecule has 2 aromatic rings. The Balaban J connectivity index is 1.38. The summed E-state index contributed by atoms with van der Waals surface area (Å²) in [6, 6.07) is 12.5. The van der Waals surface area contributed by atoms with Gasteiger partial charge in [0.1, 0.15) is 5.69 Å². The molecular formula is C23H30N4O. The van der Waals surface area contributed by atoms with E-state index in [9.17, 15) is 4.79 Å². The van der Waals surface area contributed by atoms with Crippen molar-refractivity contribution in [2.24, 2.45) is 0 Å². The Morgan fingerprint density at radius 2 is 1.61 bits per heavy atom. The topological polar surface area (TPSA) is 57.3 Å². The highest BCUT2D eigenvalue weighted by Crippen LogP contribution is 2.24. The molecule has 2 heterocycles. The molecule has 2 fully saturated rings. The summed E-state index contributed by atoms with van der Waals surface area (Å²) in [6.45, 7) is 2.30. The Hall–Kier alpha value is -2.56. The Morgan fingerprint density at radius 3 is 2.32 bits per heavy atom. The number of benzene rings is 1. The molecule has 5 heteroatoms. The zero-order valence-corrected chi connectivity index (χ0v) is 16.5. The maximum absolute atomic E-state index is 12.6. The number of carbonyl (C=O) groups is 1. The van der Waals surface area contributed by atoms with Gasteiger partial charge in [0.2, 0.25) is 0 Å². The summed E-state index contributed by atoms with van der Waals surface area (Å²) in [5.41, 5.74) is 3.66. The zero-order valence-electron chi connectivity index (χ0n) is 16.5. The van der Waals surface area contributed by atoms with Crippen molar-refractivity contribution in [2.75, 3.05) is 23.3 Å². The zero-order chi connectivity index (χ0) is 19.2. The third-order valence-corrected chi connectivity index (χ3v) is 5.81. The number of nitrogens with zero attached hydrogens (tertiary/aromatic N) is 2. The molecule has 0 bridgehead atoms. The summed E-state index contributed by atoms with van der Waals surface area (Å²) in [6.07, 6.45) is 11.4. The minimum Gasteiger partial charge on any atom is -0.372 e. The maximum atomic E-state index is 12.6. The first kappa shape index (κ1) is 18.8. The van der Waals surface area contributed by atoms with E-state index in [2.05, 4.69) is 44.8 Å². The summed E-state index contributed by atoms with van der Waals surface area (Å²) in [4.78, 5) is 19.3. The Labute approximate surface area is 167 Å². The normalized spacial score (nSPS) is 17.9. The molecule has 0 spiro atoms. The van der Waals surface area contributed by atoms with Crippen LogP contribution in [-0.2, 0) is 0 Å². The molecule has 0 atom stereocenters. The van der Waals surface area contributed by atoms with Gasteiger partial charge in [-0.1, -0.05) is 25.7 Å². The van der Waals surface area contributed by atoms with E-state index < -0.39 is 0 Å². The van der Waals surface area contributed by atoms with Crippen LogP contribution in [0.2, 0.25) is 0 Å². The fourth-order valence-electron chi connectivity index (χ4n) is 4.21. The van der Waals surface area contributed by atoms with Crippen molar-refractivity contribution in [2.45, 2.75) is 57.4 Å². The number of hydrogen-bond acceptors (Lipinski definition) is 4. The Bertz CT molecular complexity index is 775. The van der Waals surface area contributed by atoms with Gasteiger partial charge >= 0.3 is 0 Å². The molecule has 28 heavy (non-hydrogen) atoms. The van der Waals surface area contributed by atoms with Crippen LogP contribution < -0.4 is 15.5 Å². The van der Waals surface area contributed by atoms with Gasteiger partial charge in [-0.2, -0.15) is 0 Å². The smallest absolute Gasteiger partial charge is 0.270 e. The van der Waals surface area contributed by atoms with Crippen LogP contribution in [0.3, 0.4) is 0 Å². The number of pyridine rings is 1. The van der Waals surface area contributed by atoms with Gasteiger partial charge in [-0.05, 0) is 62.1 Å². The van der Waals surface area contributed by atoms with Crippen LogP contribution in [0.4, 0.5) is 17.1 Å². The van der Waals surface area contributed by atoms with Crippen molar-refractivity contribution < 1.29 is 4.79 Å². The van der Waals surface area contributed by atoms with Gasteiger partial charge < -0.3 is 15.5 Å².